The highest BCUT2D eigenvalue weighted by atomic mass is 16.5. The van der Waals surface area contributed by atoms with Crippen molar-refractivity contribution in [2.75, 3.05) is 0 Å². The van der Waals surface area contributed by atoms with E-state index in [2.05, 4.69) is 24.9 Å². The minimum absolute atomic E-state index is 0.414. The molecule has 23 heavy (non-hydrogen) atoms. The maximum Gasteiger partial charge on any atom is 0.344 e. The van der Waals surface area contributed by atoms with Crippen LogP contribution in [0.3, 0.4) is 0 Å². The Hall–Kier alpha value is -2.62. The first-order valence-electron chi connectivity index (χ1n) is 7.60. The van der Waals surface area contributed by atoms with Gasteiger partial charge in [-0.25, -0.2) is 4.79 Å². The van der Waals surface area contributed by atoms with Crippen LogP contribution in [-0.4, -0.2) is 23.4 Å². The summed E-state index contributed by atoms with van der Waals surface area (Å²) < 4.78 is 5.30. The van der Waals surface area contributed by atoms with Crippen molar-refractivity contribution in [3.8, 4) is 5.75 Å². The van der Waals surface area contributed by atoms with Crippen LogP contribution in [-0.2, 0) is 4.79 Å². The van der Waals surface area contributed by atoms with Crippen molar-refractivity contribution < 1.29 is 14.6 Å². The van der Waals surface area contributed by atoms with E-state index in [-0.39, 0.29) is 0 Å². The molecule has 1 N–H and O–H groups in total. The Morgan fingerprint density at radius 1 is 1.09 bits per heavy atom. The third-order valence-electron chi connectivity index (χ3n) is 3.45. The van der Waals surface area contributed by atoms with E-state index in [1.165, 1.54) is 12.5 Å². The summed E-state index contributed by atoms with van der Waals surface area (Å²) in [5, 5.41) is 8.83. The Kier molecular flexibility index (Phi) is 5.52. The minimum atomic E-state index is -0.985. The molecule has 0 fully saturated rings. The van der Waals surface area contributed by atoms with Crippen LogP contribution in [0.15, 0.2) is 53.5 Å². The number of para-hydroxylation sites is 1. The lowest BCUT2D eigenvalue weighted by Gasteiger charge is -2.10. The lowest BCUT2D eigenvalue weighted by atomic mass is 10.0. The van der Waals surface area contributed by atoms with Crippen LogP contribution < -0.4 is 4.74 Å². The number of nitrogens with zero attached hydrogens (tertiary/aromatic N) is 1. The van der Waals surface area contributed by atoms with E-state index in [1.54, 1.807) is 18.3 Å². The zero-order valence-electron chi connectivity index (χ0n) is 13.6. The van der Waals surface area contributed by atoms with Gasteiger partial charge in [0, 0.05) is 6.21 Å². The predicted molar refractivity (Wildman–Crippen MR) is 92.0 cm³/mol. The van der Waals surface area contributed by atoms with E-state index >= 15 is 0 Å². The molecule has 0 unspecified atom stereocenters. The summed E-state index contributed by atoms with van der Waals surface area (Å²) in [6, 6.07) is 15.3. The fraction of sp³-hybridized carbons (Fsp3) is 0.263. The quantitative estimate of drug-likeness (QED) is 0.804. The third kappa shape index (κ3) is 4.68. The molecule has 2 rings (SSSR count). The Labute approximate surface area is 136 Å². The first-order chi connectivity index (χ1) is 11.0. The summed E-state index contributed by atoms with van der Waals surface area (Å²) in [7, 11) is 0. The molecule has 4 nitrogen and oxygen atoms in total. The van der Waals surface area contributed by atoms with Crippen molar-refractivity contribution in [3.05, 3.63) is 59.7 Å². The Morgan fingerprint density at radius 3 is 2.35 bits per heavy atom. The molecule has 0 saturated heterocycles. The number of hydrogen-bond acceptors (Lipinski definition) is 3. The van der Waals surface area contributed by atoms with E-state index in [4.69, 9.17) is 9.84 Å². The molecule has 0 radical (unpaired) electrons. The molecular weight excluding hydrogens is 290 g/mol. The number of carboxylic acids is 1. The molecule has 0 amide bonds. The van der Waals surface area contributed by atoms with Crippen molar-refractivity contribution in [1.82, 2.24) is 0 Å². The van der Waals surface area contributed by atoms with Gasteiger partial charge in [-0.3, -0.25) is 4.99 Å². The highest BCUT2D eigenvalue weighted by Gasteiger charge is 2.11. The summed E-state index contributed by atoms with van der Waals surface area (Å²) >= 11 is 0. The highest BCUT2D eigenvalue weighted by Crippen LogP contribution is 2.26. The molecular formula is C19H21NO3. The largest absolute Gasteiger partial charge is 0.479 e. The van der Waals surface area contributed by atoms with E-state index < -0.39 is 12.1 Å². The van der Waals surface area contributed by atoms with Crippen LogP contribution in [0.4, 0.5) is 5.69 Å². The van der Waals surface area contributed by atoms with Crippen molar-refractivity contribution in [2.45, 2.75) is 32.8 Å². The topological polar surface area (TPSA) is 58.9 Å². The van der Waals surface area contributed by atoms with Gasteiger partial charge in [-0.2, -0.15) is 0 Å². The number of benzene rings is 2. The zero-order valence-corrected chi connectivity index (χ0v) is 13.6. The van der Waals surface area contributed by atoms with Gasteiger partial charge in [0.05, 0.1) is 5.69 Å². The molecule has 0 saturated carbocycles. The van der Waals surface area contributed by atoms with Gasteiger partial charge in [-0.15, -0.1) is 0 Å². The number of aliphatic carboxylic acids is 1. The molecule has 0 aromatic heterocycles. The molecule has 0 aliphatic carbocycles. The third-order valence-corrected chi connectivity index (χ3v) is 3.45. The van der Waals surface area contributed by atoms with Gasteiger partial charge in [0.1, 0.15) is 5.75 Å². The summed E-state index contributed by atoms with van der Waals surface area (Å²) in [6.07, 6.45) is 0.929. The van der Waals surface area contributed by atoms with E-state index in [9.17, 15) is 4.79 Å². The Morgan fingerprint density at radius 2 is 1.74 bits per heavy atom. The fourth-order valence-electron chi connectivity index (χ4n) is 2.12. The Balaban J connectivity index is 2.11. The minimum Gasteiger partial charge on any atom is -0.479 e. The number of ether oxygens (including phenoxy) is 1. The monoisotopic (exact) mass is 311 g/mol. The zero-order chi connectivity index (χ0) is 16.8. The normalized spacial score (nSPS) is 12.5. The van der Waals surface area contributed by atoms with Crippen molar-refractivity contribution in [3.63, 3.8) is 0 Å². The van der Waals surface area contributed by atoms with E-state index in [0.717, 1.165) is 11.3 Å². The van der Waals surface area contributed by atoms with Crippen molar-refractivity contribution in [2.24, 2.45) is 4.99 Å². The summed E-state index contributed by atoms with van der Waals surface area (Å²) in [5.74, 6) is -0.0443. The van der Waals surface area contributed by atoms with Crippen LogP contribution in [0.5, 0.6) is 5.75 Å². The van der Waals surface area contributed by atoms with Crippen LogP contribution in [0.2, 0.25) is 0 Å². The van der Waals surface area contributed by atoms with Gasteiger partial charge in [0.2, 0.25) is 0 Å². The van der Waals surface area contributed by atoms with Gasteiger partial charge in [0.15, 0.2) is 6.10 Å². The van der Waals surface area contributed by atoms with Gasteiger partial charge in [-0.05, 0) is 54.3 Å². The predicted octanol–water partition coefficient (Wildman–Crippen LogP) is 4.41. The number of carbonyl (C=O) groups is 1. The number of rotatable bonds is 6. The van der Waals surface area contributed by atoms with Crippen LogP contribution in [0.25, 0.3) is 0 Å². The molecule has 4 heteroatoms. The molecule has 2 aromatic rings. The average molecular weight is 311 g/mol. The van der Waals surface area contributed by atoms with Gasteiger partial charge in [0.25, 0.3) is 0 Å². The molecule has 0 heterocycles. The summed E-state index contributed by atoms with van der Waals surface area (Å²) in [5.41, 5.74) is 3.10. The van der Waals surface area contributed by atoms with E-state index in [0.29, 0.717) is 11.7 Å². The maximum absolute atomic E-state index is 10.8. The lowest BCUT2D eigenvalue weighted by Crippen LogP contribution is -2.22. The average Bonchev–Trinajstić information content (AvgIpc) is 2.54. The molecule has 2 aromatic carbocycles. The number of hydrogen-bond donors (Lipinski definition) is 1. The second-order valence-electron chi connectivity index (χ2n) is 5.64. The fourth-order valence-corrected chi connectivity index (χ4v) is 2.12. The van der Waals surface area contributed by atoms with Crippen LogP contribution in [0, 0.1) is 0 Å². The smallest absolute Gasteiger partial charge is 0.344 e. The number of aliphatic imine (C=N–C) groups is 1. The molecule has 0 bridgehead atoms. The molecule has 0 aliphatic rings. The van der Waals surface area contributed by atoms with Gasteiger partial charge < -0.3 is 9.84 Å². The second-order valence-corrected chi connectivity index (χ2v) is 5.64. The first-order valence-corrected chi connectivity index (χ1v) is 7.60. The lowest BCUT2D eigenvalue weighted by molar-refractivity contribution is -0.144. The standard InChI is InChI=1S/C19H21NO3/c1-13(2)17-6-4-5-7-18(17)20-12-15-8-10-16(11-9-15)23-14(3)19(21)22/h4-14H,1-3H3,(H,21,22)/t14-/m1/s1. The van der Waals surface area contributed by atoms with Gasteiger partial charge in [-0.1, -0.05) is 32.0 Å². The number of carboxylic acid groups (broad SMARTS) is 1. The Bertz CT molecular complexity index is 690. The molecule has 0 aliphatic heterocycles. The molecule has 120 valence electrons. The van der Waals surface area contributed by atoms with Crippen molar-refractivity contribution in [1.29, 1.82) is 0 Å². The SMILES string of the molecule is CC(C)c1ccccc1N=Cc1ccc(O[C@H](C)C(=O)O)cc1. The maximum atomic E-state index is 10.8. The second kappa shape index (κ2) is 7.58. The summed E-state index contributed by atoms with van der Waals surface area (Å²) in [4.78, 5) is 15.3. The van der Waals surface area contributed by atoms with Gasteiger partial charge >= 0.3 is 5.97 Å². The van der Waals surface area contributed by atoms with Crippen LogP contribution >= 0.6 is 0 Å². The molecule has 1 atom stereocenters. The first kappa shape index (κ1) is 16.7. The highest BCUT2D eigenvalue weighted by molar-refractivity contribution is 5.82. The summed E-state index contributed by atoms with van der Waals surface area (Å²) in [6.45, 7) is 5.79. The van der Waals surface area contributed by atoms with Crippen LogP contribution in [0.1, 0.15) is 37.8 Å². The van der Waals surface area contributed by atoms with Crippen molar-refractivity contribution >= 4 is 17.9 Å². The molecule has 0 spiro atoms. The van der Waals surface area contributed by atoms with E-state index in [1.807, 2.05) is 30.3 Å².